The van der Waals surface area contributed by atoms with Crippen molar-refractivity contribution in [2.24, 2.45) is 0 Å². The smallest absolute Gasteiger partial charge is 0.319 e. The Labute approximate surface area is 351 Å². The Morgan fingerprint density at radius 2 is 0.879 bits per heavy atom. The van der Waals surface area contributed by atoms with Crippen molar-refractivity contribution in [3.63, 3.8) is 0 Å². The number of aryl methyl sites for hydroxylation is 2. The lowest BCUT2D eigenvalue weighted by molar-refractivity contribution is 0.310. The second-order valence-corrected chi connectivity index (χ2v) is 20.9. The van der Waals surface area contributed by atoms with Gasteiger partial charge in [-0.3, -0.25) is 0 Å². The van der Waals surface area contributed by atoms with Gasteiger partial charge in [-0.2, -0.15) is 0 Å². The van der Waals surface area contributed by atoms with Crippen LogP contribution in [0.4, 0.5) is 0 Å². The minimum Gasteiger partial charge on any atom is -0.432 e. The molecule has 0 aliphatic carbocycles. The first-order valence-corrected chi connectivity index (χ1v) is 25.2. The molecular weight excluding hydrogens is 768 g/mol. The molecule has 3 aromatic carbocycles. The number of hydrogen-bond acceptors (Lipinski definition) is 9. The van der Waals surface area contributed by atoms with Crippen molar-refractivity contribution in [2.45, 2.75) is 177 Å². The van der Waals surface area contributed by atoms with Crippen molar-refractivity contribution in [2.75, 3.05) is 13.2 Å². The molecule has 3 aromatic rings. The molecule has 6 fully saturated rings. The third-order valence-corrected chi connectivity index (χ3v) is 15.6. The zero-order chi connectivity index (χ0) is 39.2. The maximum atomic E-state index is 6.69. The van der Waals surface area contributed by atoms with E-state index in [0.29, 0.717) is 61.0 Å². The van der Waals surface area contributed by atoms with Gasteiger partial charge in [0.2, 0.25) is 0 Å². The van der Waals surface area contributed by atoms with Crippen LogP contribution in [0, 0.1) is 0 Å². The standard InChI is InChI=1S/C48H63O8PS/c58-57(40-22-10-7-11-23-40,55-36-20-14-18-34(26-36)16-8-3-1-5-12-24-41-45(51-41)30-47-43(53-47)28-38-32-49-38)56-37-21-15-19-35(27-37)17-9-4-2-6-13-25-42-46(52-42)31-48-44(54-48)29-39-33-50-39/h7,10-11,14-15,18-23,26-27,38-39,41-48H,1-6,8-9,12-13,16-17,24-25,28-33H2. The first-order valence-electron chi connectivity index (χ1n) is 22.6. The van der Waals surface area contributed by atoms with Crippen LogP contribution in [0.2, 0.25) is 0 Å². The van der Waals surface area contributed by atoms with E-state index in [1.54, 1.807) is 0 Å². The van der Waals surface area contributed by atoms with E-state index in [1.165, 1.54) is 75.3 Å². The summed E-state index contributed by atoms with van der Waals surface area (Å²) in [6.45, 7) is -1.05. The fourth-order valence-corrected chi connectivity index (χ4v) is 11.2. The fourth-order valence-electron chi connectivity index (χ4n) is 8.79. The van der Waals surface area contributed by atoms with Gasteiger partial charge in [0.15, 0.2) is 0 Å². The molecular formula is C48H63O8PS. The molecule has 6 aliphatic rings. The quantitative estimate of drug-likeness (QED) is 0.0385. The lowest BCUT2D eigenvalue weighted by Gasteiger charge is -2.24. The van der Waals surface area contributed by atoms with Crippen molar-refractivity contribution >= 4 is 23.6 Å². The van der Waals surface area contributed by atoms with E-state index in [1.807, 2.05) is 42.5 Å². The van der Waals surface area contributed by atoms with Crippen molar-refractivity contribution in [3.8, 4) is 11.5 Å². The zero-order valence-electron chi connectivity index (χ0n) is 34.0. The second kappa shape index (κ2) is 19.6. The third-order valence-electron chi connectivity index (χ3n) is 12.7. The van der Waals surface area contributed by atoms with E-state index in [4.69, 9.17) is 49.3 Å². The van der Waals surface area contributed by atoms with Crippen LogP contribution in [-0.4, -0.2) is 74.3 Å². The van der Waals surface area contributed by atoms with Crippen LogP contribution in [0.25, 0.3) is 0 Å². The predicted molar refractivity (Wildman–Crippen MR) is 230 cm³/mol. The van der Waals surface area contributed by atoms with Gasteiger partial charge in [0, 0.05) is 25.7 Å². The van der Waals surface area contributed by atoms with Crippen molar-refractivity contribution in [1.82, 2.24) is 0 Å². The van der Waals surface area contributed by atoms with Gasteiger partial charge in [-0.05, 0) is 97.9 Å². The van der Waals surface area contributed by atoms with E-state index in [0.717, 1.165) is 81.4 Å². The Bertz CT molecular complexity index is 1700. The average molecular weight is 831 g/mol. The first-order chi connectivity index (χ1) is 28.5. The van der Waals surface area contributed by atoms with Gasteiger partial charge in [0.05, 0.1) is 79.6 Å². The van der Waals surface area contributed by atoms with Gasteiger partial charge in [-0.15, -0.1) is 0 Å². The fraction of sp³-hybridized carbons (Fsp3) is 0.625. The van der Waals surface area contributed by atoms with E-state index >= 15 is 0 Å². The minimum atomic E-state index is -2.89. The number of benzene rings is 3. The molecule has 0 amide bonds. The number of hydrogen-bond donors (Lipinski definition) is 0. The molecule has 6 aliphatic heterocycles. The third kappa shape index (κ3) is 12.8. The lowest BCUT2D eigenvalue weighted by Crippen LogP contribution is -2.14. The molecule has 0 bridgehead atoms. The normalized spacial score (nSPS) is 31.0. The maximum absolute atomic E-state index is 6.69. The Balaban J connectivity index is 0.659. The highest BCUT2D eigenvalue weighted by atomic mass is 32.5. The minimum absolute atomic E-state index is 0.411. The lowest BCUT2D eigenvalue weighted by atomic mass is 10.0. The Morgan fingerprint density at radius 3 is 1.36 bits per heavy atom. The molecule has 10 heteroatoms. The SMILES string of the molecule is S=P(Oc1cccc(CCCCCCCC2OC2CC2OC2CC2CO2)c1)(Oc1cccc(CCCCCCCC2OC2CC2OC2CC2CO2)c1)c1ccccc1. The number of epoxide rings is 6. The molecule has 0 radical (unpaired) electrons. The van der Waals surface area contributed by atoms with Crippen LogP contribution in [0.5, 0.6) is 11.5 Å². The van der Waals surface area contributed by atoms with Gasteiger partial charge >= 0.3 is 6.49 Å². The number of ether oxygens (including phenoxy) is 6. The first kappa shape index (κ1) is 41.0. The Hall–Kier alpha value is -2.33. The van der Waals surface area contributed by atoms with E-state index in [-0.39, 0.29) is 0 Å². The highest BCUT2D eigenvalue weighted by molar-refractivity contribution is 8.13. The summed E-state index contributed by atoms with van der Waals surface area (Å²) in [5.41, 5.74) is 2.55. The molecule has 0 spiro atoms. The average Bonchev–Trinajstić information content (AvgIpc) is 4.01. The Morgan fingerprint density at radius 1 is 0.466 bits per heavy atom. The van der Waals surface area contributed by atoms with Crippen LogP contribution in [-0.2, 0) is 53.1 Å². The molecule has 10 unspecified atom stereocenters. The summed E-state index contributed by atoms with van der Waals surface area (Å²) in [5.74, 6) is 1.55. The molecule has 6 saturated heterocycles. The van der Waals surface area contributed by atoms with Crippen LogP contribution in [0.1, 0.15) is 114 Å². The summed E-state index contributed by atoms with van der Waals surface area (Å²) < 4.78 is 47.5. The van der Waals surface area contributed by atoms with Crippen LogP contribution in [0.3, 0.4) is 0 Å². The number of rotatable bonds is 29. The molecule has 0 N–H and O–H groups in total. The van der Waals surface area contributed by atoms with Crippen molar-refractivity contribution in [1.29, 1.82) is 0 Å². The van der Waals surface area contributed by atoms with E-state index < -0.39 is 6.49 Å². The van der Waals surface area contributed by atoms with E-state index in [9.17, 15) is 0 Å². The summed E-state index contributed by atoms with van der Waals surface area (Å²) in [6.07, 6.45) is 25.4. The monoisotopic (exact) mass is 830 g/mol. The molecule has 58 heavy (non-hydrogen) atoms. The van der Waals surface area contributed by atoms with Crippen molar-refractivity contribution < 1.29 is 37.5 Å². The molecule has 314 valence electrons. The summed E-state index contributed by atoms with van der Waals surface area (Å²) in [7, 11) is 0. The number of unbranched alkanes of at least 4 members (excludes halogenated alkanes) is 8. The van der Waals surface area contributed by atoms with Gasteiger partial charge in [0.1, 0.15) is 11.5 Å². The van der Waals surface area contributed by atoms with Gasteiger partial charge in [0.25, 0.3) is 0 Å². The zero-order valence-corrected chi connectivity index (χ0v) is 35.8. The van der Waals surface area contributed by atoms with Gasteiger partial charge in [-0.25, -0.2) is 0 Å². The highest BCUT2D eigenvalue weighted by Crippen LogP contribution is 2.48. The molecule has 6 heterocycles. The second-order valence-electron chi connectivity index (χ2n) is 17.6. The molecule has 10 atom stereocenters. The molecule has 8 nitrogen and oxygen atoms in total. The van der Waals surface area contributed by atoms with Crippen molar-refractivity contribution in [3.05, 3.63) is 90.0 Å². The summed E-state index contributed by atoms with van der Waals surface area (Å²) in [6, 6.07) is 27.0. The largest absolute Gasteiger partial charge is 0.432 e. The summed E-state index contributed by atoms with van der Waals surface area (Å²) in [4.78, 5) is 0. The van der Waals surface area contributed by atoms with Crippen LogP contribution in [0.15, 0.2) is 78.9 Å². The molecule has 0 aromatic heterocycles. The topological polar surface area (TPSA) is 93.6 Å². The summed E-state index contributed by atoms with van der Waals surface area (Å²) >= 11 is 6.29. The highest BCUT2D eigenvalue weighted by Gasteiger charge is 2.50. The van der Waals surface area contributed by atoms with Gasteiger partial charge in [-0.1, -0.05) is 93.8 Å². The molecule has 0 saturated carbocycles. The van der Waals surface area contributed by atoms with Crippen LogP contribution >= 0.6 is 6.49 Å². The molecule has 9 rings (SSSR count). The van der Waals surface area contributed by atoms with E-state index in [2.05, 4.69) is 36.4 Å². The summed E-state index contributed by atoms with van der Waals surface area (Å²) in [5, 5.41) is 0.911. The predicted octanol–water partition coefficient (Wildman–Crippen LogP) is 9.97. The Kier molecular flexibility index (Phi) is 13.9. The van der Waals surface area contributed by atoms with Crippen LogP contribution < -0.4 is 14.4 Å². The van der Waals surface area contributed by atoms with Gasteiger partial charge < -0.3 is 37.5 Å². The maximum Gasteiger partial charge on any atom is 0.319 e.